The van der Waals surface area contributed by atoms with Crippen LogP contribution in [-0.4, -0.2) is 0 Å². The molecule has 0 fully saturated rings. The highest BCUT2D eigenvalue weighted by Crippen LogP contribution is 2.48. The van der Waals surface area contributed by atoms with Crippen molar-refractivity contribution in [3.8, 4) is 22.3 Å². The summed E-state index contributed by atoms with van der Waals surface area (Å²) in [6.07, 6.45) is 0. The molecule has 11 aromatic rings. The van der Waals surface area contributed by atoms with Gasteiger partial charge in [-0.3, -0.25) is 0 Å². The van der Waals surface area contributed by atoms with Gasteiger partial charge in [0.2, 0.25) is 0 Å². The number of nitrogens with zero attached hydrogens (tertiary/aromatic N) is 1. The standard InChI is InChI=1S/C50H31NO2/c1-2-13-33-28-37(27-26-32(33)12-1)34-16-9-17-38(29-34)51(45-23-11-25-47-49(45)42-19-6-8-24-46(42)52-47)44-22-7-5-18-39(44)40-20-10-21-41-43-30-35-14-3-4-15-36(35)31-48(43)53-50(40)41/h1-31H. The van der Waals surface area contributed by atoms with Crippen LogP contribution in [0.15, 0.2) is 197 Å². The number of furan rings is 2. The lowest BCUT2D eigenvalue weighted by atomic mass is 9.97. The van der Waals surface area contributed by atoms with Crippen molar-refractivity contribution in [2.75, 3.05) is 4.90 Å². The van der Waals surface area contributed by atoms with Gasteiger partial charge in [-0.1, -0.05) is 133 Å². The third kappa shape index (κ3) is 4.75. The van der Waals surface area contributed by atoms with Crippen LogP contribution in [0.1, 0.15) is 0 Å². The van der Waals surface area contributed by atoms with Gasteiger partial charge in [-0.05, 0) is 87.3 Å². The number of hydrogen-bond acceptors (Lipinski definition) is 3. The minimum Gasteiger partial charge on any atom is -0.456 e. The van der Waals surface area contributed by atoms with E-state index in [2.05, 4.69) is 181 Å². The first-order chi connectivity index (χ1) is 26.3. The summed E-state index contributed by atoms with van der Waals surface area (Å²) in [5.74, 6) is 0. The molecule has 53 heavy (non-hydrogen) atoms. The van der Waals surface area contributed by atoms with Crippen LogP contribution in [0.5, 0.6) is 0 Å². The average Bonchev–Trinajstić information content (AvgIpc) is 3.79. The van der Waals surface area contributed by atoms with E-state index >= 15 is 0 Å². The van der Waals surface area contributed by atoms with Crippen molar-refractivity contribution in [1.82, 2.24) is 0 Å². The molecule has 3 nitrogen and oxygen atoms in total. The van der Waals surface area contributed by atoms with Gasteiger partial charge in [0.1, 0.15) is 22.3 Å². The molecule has 2 aromatic heterocycles. The van der Waals surface area contributed by atoms with E-state index in [1.165, 1.54) is 27.1 Å². The van der Waals surface area contributed by atoms with Crippen LogP contribution >= 0.6 is 0 Å². The van der Waals surface area contributed by atoms with E-state index in [0.29, 0.717) is 0 Å². The Kier molecular flexibility index (Phi) is 6.55. The lowest BCUT2D eigenvalue weighted by Gasteiger charge is -2.29. The van der Waals surface area contributed by atoms with E-state index in [4.69, 9.17) is 8.83 Å². The zero-order valence-electron chi connectivity index (χ0n) is 28.7. The van der Waals surface area contributed by atoms with Gasteiger partial charge in [0.15, 0.2) is 0 Å². The number of para-hydroxylation sites is 3. The number of benzene rings is 9. The summed E-state index contributed by atoms with van der Waals surface area (Å²) in [5.41, 5.74) is 11.0. The molecular formula is C50H31NO2. The molecule has 0 saturated carbocycles. The van der Waals surface area contributed by atoms with Gasteiger partial charge in [0.05, 0.1) is 16.8 Å². The molecule has 0 saturated heterocycles. The van der Waals surface area contributed by atoms with Crippen molar-refractivity contribution in [3.63, 3.8) is 0 Å². The van der Waals surface area contributed by atoms with Gasteiger partial charge >= 0.3 is 0 Å². The molecule has 0 atom stereocenters. The SMILES string of the molecule is c1cc(-c2ccc3ccccc3c2)cc(N(c2ccccc2-c2cccc3c2oc2cc4ccccc4cc23)c2cccc3oc4ccccc4c23)c1. The lowest BCUT2D eigenvalue weighted by Crippen LogP contribution is -2.11. The molecule has 0 aliphatic rings. The second kappa shape index (κ2) is 11.7. The predicted octanol–water partition coefficient (Wildman–Crippen LogP) is 14.6. The molecule has 0 N–H and O–H groups in total. The molecule has 0 bridgehead atoms. The Bertz CT molecular complexity index is 3200. The molecule has 248 valence electrons. The largest absolute Gasteiger partial charge is 0.456 e. The highest BCUT2D eigenvalue weighted by molar-refractivity contribution is 6.16. The summed E-state index contributed by atoms with van der Waals surface area (Å²) < 4.78 is 13.2. The first kappa shape index (κ1) is 29.6. The fraction of sp³-hybridized carbons (Fsp3) is 0. The predicted molar refractivity (Wildman–Crippen MR) is 222 cm³/mol. The quantitative estimate of drug-likeness (QED) is 0.182. The second-order valence-corrected chi connectivity index (χ2v) is 13.7. The lowest BCUT2D eigenvalue weighted by molar-refractivity contribution is 0.669. The smallest absolute Gasteiger partial charge is 0.143 e. The van der Waals surface area contributed by atoms with Gasteiger partial charge in [-0.15, -0.1) is 0 Å². The molecular weight excluding hydrogens is 647 g/mol. The van der Waals surface area contributed by atoms with E-state index < -0.39 is 0 Å². The van der Waals surface area contributed by atoms with E-state index in [-0.39, 0.29) is 0 Å². The maximum Gasteiger partial charge on any atom is 0.143 e. The Morgan fingerprint density at radius 2 is 0.981 bits per heavy atom. The minimum absolute atomic E-state index is 0.850. The molecule has 9 aromatic carbocycles. The molecule has 0 amide bonds. The van der Waals surface area contributed by atoms with Crippen molar-refractivity contribution in [2.45, 2.75) is 0 Å². The Morgan fingerprint density at radius 3 is 1.89 bits per heavy atom. The van der Waals surface area contributed by atoms with Crippen LogP contribution < -0.4 is 4.90 Å². The normalized spacial score (nSPS) is 11.8. The minimum atomic E-state index is 0.850. The fourth-order valence-electron chi connectivity index (χ4n) is 8.14. The third-order valence-electron chi connectivity index (χ3n) is 10.6. The summed E-state index contributed by atoms with van der Waals surface area (Å²) in [7, 11) is 0. The van der Waals surface area contributed by atoms with Crippen LogP contribution in [0.3, 0.4) is 0 Å². The number of fused-ring (bicyclic) bond motifs is 8. The van der Waals surface area contributed by atoms with Gasteiger partial charge in [0, 0.05) is 33.0 Å². The van der Waals surface area contributed by atoms with Gasteiger partial charge < -0.3 is 13.7 Å². The summed E-state index contributed by atoms with van der Waals surface area (Å²) in [6, 6.07) is 66.8. The van der Waals surface area contributed by atoms with Crippen LogP contribution in [-0.2, 0) is 0 Å². The Balaban J connectivity index is 1.17. The Labute approximate surface area is 305 Å². The molecule has 0 unspecified atom stereocenters. The molecule has 3 heteroatoms. The maximum absolute atomic E-state index is 6.79. The zero-order valence-corrected chi connectivity index (χ0v) is 28.7. The van der Waals surface area contributed by atoms with Crippen LogP contribution in [0.4, 0.5) is 17.1 Å². The Morgan fingerprint density at radius 1 is 0.340 bits per heavy atom. The summed E-state index contributed by atoms with van der Waals surface area (Å²) in [5, 5.41) is 9.19. The highest BCUT2D eigenvalue weighted by Gasteiger charge is 2.24. The third-order valence-corrected chi connectivity index (χ3v) is 10.6. The summed E-state index contributed by atoms with van der Waals surface area (Å²) >= 11 is 0. The summed E-state index contributed by atoms with van der Waals surface area (Å²) in [4.78, 5) is 2.39. The summed E-state index contributed by atoms with van der Waals surface area (Å²) in [6.45, 7) is 0. The van der Waals surface area contributed by atoms with Crippen molar-refractivity contribution in [2.24, 2.45) is 0 Å². The van der Waals surface area contributed by atoms with E-state index in [0.717, 1.165) is 77.6 Å². The highest BCUT2D eigenvalue weighted by atomic mass is 16.3. The van der Waals surface area contributed by atoms with Crippen molar-refractivity contribution in [1.29, 1.82) is 0 Å². The van der Waals surface area contributed by atoms with Crippen molar-refractivity contribution >= 4 is 82.5 Å². The maximum atomic E-state index is 6.79. The van der Waals surface area contributed by atoms with Gasteiger partial charge in [-0.25, -0.2) is 0 Å². The molecule has 2 heterocycles. The van der Waals surface area contributed by atoms with Crippen LogP contribution in [0.25, 0.3) is 87.7 Å². The second-order valence-electron chi connectivity index (χ2n) is 13.7. The molecule has 11 rings (SSSR count). The zero-order chi connectivity index (χ0) is 34.9. The van der Waals surface area contributed by atoms with E-state index in [1.54, 1.807) is 0 Å². The number of anilines is 3. The van der Waals surface area contributed by atoms with Gasteiger partial charge in [-0.2, -0.15) is 0 Å². The fourth-order valence-corrected chi connectivity index (χ4v) is 8.14. The van der Waals surface area contributed by atoms with Crippen molar-refractivity contribution < 1.29 is 8.83 Å². The van der Waals surface area contributed by atoms with Gasteiger partial charge in [0.25, 0.3) is 0 Å². The first-order valence-corrected chi connectivity index (χ1v) is 18.0. The Hall–Kier alpha value is -7.10. The average molecular weight is 678 g/mol. The molecule has 0 aliphatic heterocycles. The van der Waals surface area contributed by atoms with Crippen LogP contribution in [0.2, 0.25) is 0 Å². The monoisotopic (exact) mass is 677 g/mol. The number of hydrogen-bond donors (Lipinski definition) is 0. The topological polar surface area (TPSA) is 29.5 Å². The molecule has 0 radical (unpaired) electrons. The first-order valence-electron chi connectivity index (χ1n) is 18.0. The molecule has 0 aliphatic carbocycles. The van der Waals surface area contributed by atoms with E-state index in [1.807, 2.05) is 12.1 Å². The van der Waals surface area contributed by atoms with E-state index in [9.17, 15) is 0 Å². The number of rotatable bonds is 5. The van der Waals surface area contributed by atoms with Crippen LogP contribution in [0, 0.1) is 0 Å². The molecule has 0 spiro atoms. The van der Waals surface area contributed by atoms with Crippen molar-refractivity contribution in [3.05, 3.63) is 188 Å².